The first-order valence-corrected chi connectivity index (χ1v) is 4.95. The van der Waals surface area contributed by atoms with Crippen molar-refractivity contribution < 1.29 is 9.84 Å². The summed E-state index contributed by atoms with van der Waals surface area (Å²) in [6, 6.07) is 6.76. The molecule has 14 heavy (non-hydrogen) atoms. The molecule has 1 rings (SSSR count). The second-order valence-corrected chi connectivity index (χ2v) is 3.09. The Balaban J connectivity index is 2.15. The van der Waals surface area contributed by atoms with E-state index in [0.717, 1.165) is 25.3 Å². The van der Waals surface area contributed by atoms with E-state index in [-0.39, 0.29) is 5.75 Å². The van der Waals surface area contributed by atoms with Gasteiger partial charge in [-0.2, -0.15) is 0 Å². The Morgan fingerprint density at radius 3 is 2.57 bits per heavy atom. The van der Waals surface area contributed by atoms with E-state index in [4.69, 9.17) is 9.84 Å². The van der Waals surface area contributed by atoms with Gasteiger partial charge in [0, 0.05) is 6.54 Å². The summed E-state index contributed by atoms with van der Waals surface area (Å²) in [5, 5.41) is 12.3. The van der Waals surface area contributed by atoms with E-state index in [1.165, 1.54) is 0 Å². The van der Waals surface area contributed by atoms with Crippen LogP contribution >= 0.6 is 0 Å². The number of phenolic OH excluding ortho intramolecular Hbond substituents is 1. The quantitative estimate of drug-likeness (QED) is 0.680. The molecular weight excluding hydrogens is 178 g/mol. The maximum absolute atomic E-state index is 9.03. The minimum atomic E-state index is 0.265. The molecule has 1 aromatic rings. The van der Waals surface area contributed by atoms with Crippen LogP contribution in [0.15, 0.2) is 24.3 Å². The van der Waals surface area contributed by atoms with E-state index < -0.39 is 0 Å². The summed E-state index contributed by atoms with van der Waals surface area (Å²) >= 11 is 0. The summed E-state index contributed by atoms with van der Waals surface area (Å²) in [5.41, 5.74) is 0. The fourth-order valence-corrected chi connectivity index (χ4v) is 1.09. The highest BCUT2D eigenvalue weighted by Gasteiger charge is 1.92. The molecule has 1 aromatic carbocycles. The number of hydrogen-bond acceptors (Lipinski definition) is 3. The lowest BCUT2D eigenvalue weighted by Gasteiger charge is -2.06. The molecule has 0 spiro atoms. The molecule has 0 unspecified atom stereocenters. The highest BCUT2D eigenvalue weighted by Crippen LogP contribution is 2.15. The Hall–Kier alpha value is -1.22. The van der Waals surface area contributed by atoms with Crippen molar-refractivity contribution in [3.63, 3.8) is 0 Å². The minimum Gasteiger partial charge on any atom is -0.508 e. The van der Waals surface area contributed by atoms with Gasteiger partial charge in [-0.15, -0.1) is 0 Å². The van der Waals surface area contributed by atoms with Crippen LogP contribution < -0.4 is 10.1 Å². The molecule has 0 fully saturated rings. The Labute approximate surface area is 84.7 Å². The van der Waals surface area contributed by atoms with Crippen LogP contribution in [0.4, 0.5) is 0 Å². The van der Waals surface area contributed by atoms with Crippen molar-refractivity contribution in [1.82, 2.24) is 5.32 Å². The third-order valence-electron chi connectivity index (χ3n) is 1.81. The summed E-state index contributed by atoms with van der Waals surface area (Å²) in [4.78, 5) is 0. The number of ether oxygens (including phenoxy) is 1. The molecule has 0 aliphatic heterocycles. The van der Waals surface area contributed by atoms with Gasteiger partial charge in [-0.1, -0.05) is 6.92 Å². The zero-order chi connectivity index (χ0) is 10.2. The number of aromatic hydroxyl groups is 1. The summed E-state index contributed by atoms with van der Waals surface area (Å²) in [6.07, 6.45) is 1.14. The smallest absolute Gasteiger partial charge is 0.119 e. The number of hydrogen-bond donors (Lipinski definition) is 2. The van der Waals surface area contributed by atoms with E-state index in [9.17, 15) is 0 Å². The lowest BCUT2D eigenvalue weighted by molar-refractivity contribution is 0.313. The summed E-state index contributed by atoms with van der Waals surface area (Å²) in [5.74, 6) is 1.06. The second-order valence-electron chi connectivity index (χ2n) is 3.09. The minimum absolute atomic E-state index is 0.265. The van der Waals surface area contributed by atoms with Crippen molar-refractivity contribution in [3.8, 4) is 11.5 Å². The number of rotatable bonds is 6. The van der Waals surface area contributed by atoms with Gasteiger partial charge in [0.05, 0.1) is 0 Å². The predicted molar refractivity (Wildman–Crippen MR) is 56.8 cm³/mol. The maximum Gasteiger partial charge on any atom is 0.119 e. The fraction of sp³-hybridized carbons (Fsp3) is 0.455. The van der Waals surface area contributed by atoms with Crippen LogP contribution in [0.25, 0.3) is 0 Å². The first kappa shape index (κ1) is 10.9. The largest absolute Gasteiger partial charge is 0.508 e. The SMILES string of the molecule is CCCNCCOc1ccc(O)cc1. The Morgan fingerprint density at radius 1 is 1.21 bits per heavy atom. The van der Waals surface area contributed by atoms with Gasteiger partial charge in [-0.3, -0.25) is 0 Å². The predicted octanol–water partition coefficient (Wildman–Crippen LogP) is 1.77. The first-order chi connectivity index (χ1) is 6.83. The monoisotopic (exact) mass is 195 g/mol. The fourth-order valence-electron chi connectivity index (χ4n) is 1.09. The summed E-state index contributed by atoms with van der Waals surface area (Å²) < 4.78 is 5.43. The molecular formula is C11H17NO2. The van der Waals surface area contributed by atoms with Crippen molar-refractivity contribution in [3.05, 3.63) is 24.3 Å². The first-order valence-electron chi connectivity index (χ1n) is 4.95. The standard InChI is InChI=1S/C11H17NO2/c1-2-7-12-8-9-14-11-5-3-10(13)4-6-11/h3-6,12-13H,2,7-9H2,1H3. The zero-order valence-corrected chi connectivity index (χ0v) is 8.49. The third-order valence-corrected chi connectivity index (χ3v) is 1.81. The molecule has 0 bridgehead atoms. The Bertz CT molecular complexity index is 246. The van der Waals surface area contributed by atoms with E-state index in [0.29, 0.717) is 6.61 Å². The van der Waals surface area contributed by atoms with E-state index in [2.05, 4.69) is 12.2 Å². The Morgan fingerprint density at radius 2 is 1.93 bits per heavy atom. The highest BCUT2D eigenvalue weighted by atomic mass is 16.5. The molecule has 0 saturated carbocycles. The lowest BCUT2D eigenvalue weighted by atomic mass is 10.3. The number of benzene rings is 1. The van der Waals surface area contributed by atoms with Crippen LogP contribution in [0.5, 0.6) is 11.5 Å². The molecule has 3 heteroatoms. The van der Waals surface area contributed by atoms with Crippen LogP contribution in [0.3, 0.4) is 0 Å². The average Bonchev–Trinajstić information content (AvgIpc) is 2.21. The lowest BCUT2D eigenvalue weighted by Crippen LogP contribution is -2.21. The van der Waals surface area contributed by atoms with Crippen LogP contribution in [0.2, 0.25) is 0 Å². The maximum atomic E-state index is 9.03. The molecule has 0 amide bonds. The molecule has 78 valence electrons. The molecule has 0 atom stereocenters. The van der Waals surface area contributed by atoms with Gasteiger partial charge in [-0.05, 0) is 37.2 Å². The van der Waals surface area contributed by atoms with Crippen LogP contribution in [-0.4, -0.2) is 24.8 Å². The highest BCUT2D eigenvalue weighted by molar-refractivity contribution is 5.29. The molecule has 0 saturated heterocycles. The number of nitrogens with one attached hydrogen (secondary N) is 1. The summed E-state index contributed by atoms with van der Waals surface area (Å²) in [6.45, 7) is 4.67. The number of phenols is 1. The van der Waals surface area contributed by atoms with Gasteiger partial charge >= 0.3 is 0 Å². The van der Waals surface area contributed by atoms with Crippen molar-refractivity contribution in [2.24, 2.45) is 0 Å². The van der Waals surface area contributed by atoms with E-state index in [1.54, 1.807) is 24.3 Å². The average molecular weight is 195 g/mol. The van der Waals surface area contributed by atoms with Gasteiger partial charge in [0.2, 0.25) is 0 Å². The van der Waals surface area contributed by atoms with Gasteiger partial charge < -0.3 is 15.2 Å². The molecule has 0 aliphatic carbocycles. The van der Waals surface area contributed by atoms with Crippen molar-refractivity contribution in [2.75, 3.05) is 19.7 Å². The molecule has 0 aliphatic rings. The van der Waals surface area contributed by atoms with Crippen molar-refractivity contribution in [1.29, 1.82) is 0 Å². The van der Waals surface area contributed by atoms with Gasteiger partial charge in [-0.25, -0.2) is 0 Å². The van der Waals surface area contributed by atoms with E-state index >= 15 is 0 Å². The van der Waals surface area contributed by atoms with Crippen LogP contribution in [0, 0.1) is 0 Å². The molecule has 0 aromatic heterocycles. The normalized spacial score (nSPS) is 10.1. The van der Waals surface area contributed by atoms with Gasteiger partial charge in [0.25, 0.3) is 0 Å². The van der Waals surface area contributed by atoms with Gasteiger partial charge in [0.1, 0.15) is 18.1 Å². The van der Waals surface area contributed by atoms with E-state index in [1.807, 2.05) is 0 Å². The van der Waals surface area contributed by atoms with Crippen LogP contribution in [-0.2, 0) is 0 Å². The van der Waals surface area contributed by atoms with Crippen LogP contribution in [0.1, 0.15) is 13.3 Å². The topological polar surface area (TPSA) is 41.5 Å². The third kappa shape index (κ3) is 4.14. The molecule has 3 nitrogen and oxygen atoms in total. The van der Waals surface area contributed by atoms with Gasteiger partial charge in [0.15, 0.2) is 0 Å². The molecule has 0 radical (unpaired) electrons. The second kappa shape index (κ2) is 6.27. The summed E-state index contributed by atoms with van der Waals surface area (Å²) in [7, 11) is 0. The molecule has 2 N–H and O–H groups in total. The zero-order valence-electron chi connectivity index (χ0n) is 8.49. The van der Waals surface area contributed by atoms with Crippen molar-refractivity contribution in [2.45, 2.75) is 13.3 Å². The van der Waals surface area contributed by atoms with Crippen molar-refractivity contribution >= 4 is 0 Å². The Kier molecular flexibility index (Phi) is 4.86. The molecule has 0 heterocycles.